The summed E-state index contributed by atoms with van der Waals surface area (Å²) in [4.78, 5) is 16.2. The van der Waals surface area contributed by atoms with Crippen molar-refractivity contribution in [1.29, 1.82) is 0 Å². The largest absolute Gasteiger partial charge is 0.496 e. The molecule has 2 aliphatic rings. The number of carbonyl (C=O) groups excluding carboxylic acids is 1. The molecule has 1 aromatic carbocycles. The minimum Gasteiger partial charge on any atom is -0.496 e. The third kappa shape index (κ3) is 4.15. The molecule has 1 atom stereocenters. The van der Waals surface area contributed by atoms with Gasteiger partial charge < -0.3 is 14.2 Å². The molecule has 1 saturated heterocycles. The van der Waals surface area contributed by atoms with Gasteiger partial charge >= 0.3 is 0 Å². The van der Waals surface area contributed by atoms with Gasteiger partial charge in [-0.1, -0.05) is 18.6 Å². The first kappa shape index (κ1) is 19.9. The fraction of sp³-hybridized carbons (Fsp3) is 0.591. The third-order valence-corrected chi connectivity index (χ3v) is 6.23. The number of amides is 1. The number of aryl methyl sites for hydroxylation is 1. The van der Waals surface area contributed by atoms with Gasteiger partial charge in [0.1, 0.15) is 17.4 Å². The van der Waals surface area contributed by atoms with E-state index in [1.807, 2.05) is 4.90 Å². The number of aromatic nitrogens is 3. The lowest BCUT2D eigenvalue weighted by Gasteiger charge is -2.35. The second-order valence-electron chi connectivity index (χ2n) is 8.18. The molecule has 0 bridgehead atoms. The molecule has 2 aromatic rings. The van der Waals surface area contributed by atoms with Crippen LogP contribution in [0.5, 0.6) is 5.75 Å². The van der Waals surface area contributed by atoms with Gasteiger partial charge in [-0.15, -0.1) is 10.2 Å². The van der Waals surface area contributed by atoms with Crippen molar-refractivity contribution in [2.45, 2.75) is 58.7 Å². The Morgan fingerprint density at radius 3 is 2.83 bits per heavy atom. The van der Waals surface area contributed by atoms with Gasteiger partial charge in [-0.2, -0.15) is 0 Å². The standard InChI is InChI=1S/C22H31N5O2/c1-16-7-8-18(20(14-16)29-3)15-26-10-5-4-6-19(26)22-24-23-21-9-11-25(17(2)28)12-13-27(21)22/h7-8,14,19H,4-6,9-13,15H2,1-3H3. The smallest absolute Gasteiger partial charge is 0.219 e. The van der Waals surface area contributed by atoms with E-state index in [1.54, 1.807) is 14.0 Å². The van der Waals surface area contributed by atoms with Crippen LogP contribution in [-0.2, 0) is 24.3 Å². The molecule has 1 unspecified atom stereocenters. The summed E-state index contributed by atoms with van der Waals surface area (Å²) in [5.41, 5.74) is 2.42. The average Bonchev–Trinajstić information content (AvgIpc) is 2.99. The Labute approximate surface area is 172 Å². The van der Waals surface area contributed by atoms with Crippen molar-refractivity contribution in [3.8, 4) is 5.75 Å². The van der Waals surface area contributed by atoms with E-state index in [-0.39, 0.29) is 11.9 Å². The van der Waals surface area contributed by atoms with Crippen LogP contribution in [0.15, 0.2) is 18.2 Å². The van der Waals surface area contributed by atoms with Gasteiger partial charge in [-0.3, -0.25) is 9.69 Å². The Kier molecular flexibility index (Phi) is 5.85. The molecule has 7 nitrogen and oxygen atoms in total. The molecule has 4 rings (SSSR count). The van der Waals surface area contributed by atoms with Gasteiger partial charge in [-0.25, -0.2) is 0 Å². The van der Waals surface area contributed by atoms with Crippen molar-refractivity contribution in [2.24, 2.45) is 0 Å². The van der Waals surface area contributed by atoms with E-state index in [0.717, 1.165) is 63.0 Å². The lowest BCUT2D eigenvalue weighted by molar-refractivity contribution is -0.128. The summed E-state index contributed by atoms with van der Waals surface area (Å²) in [6.45, 7) is 7.85. The van der Waals surface area contributed by atoms with E-state index < -0.39 is 0 Å². The maximum atomic E-state index is 11.8. The highest BCUT2D eigenvalue weighted by molar-refractivity contribution is 5.73. The van der Waals surface area contributed by atoms with Crippen LogP contribution in [0, 0.1) is 6.92 Å². The van der Waals surface area contributed by atoms with Crippen molar-refractivity contribution in [2.75, 3.05) is 26.7 Å². The van der Waals surface area contributed by atoms with Gasteiger partial charge in [0.25, 0.3) is 0 Å². The molecule has 3 heterocycles. The topological polar surface area (TPSA) is 63.5 Å². The van der Waals surface area contributed by atoms with Crippen LogP contribution < -0.4 is 4.74 Å². The number of fused-ring (bicyclic) bond motifs is 1. The van der Waals surface area contributed by atoms with Crippen LogP contribution in [-0.4, -0.2) is 57.2 Å². The van der Waals surface area contributed by atoms with Crippen LogP contribution >= 0.6 is 0 Å². The Bertz CT molecular complexity index is 878. The molecule has 29 heavy (non-hydrogen) atoms. The number of methoxy groups -OCH3 is 1. The van der Waals surface area contributed by atoms with E-state index in [4.69, 9.17) is 4.74 Å². The molecular weight excluding hydrogens is 366 g/mol. The zero-order chi connectivity index (χ0) is 20.4. The number of benzene rings is 1. The lowest BCUT2D eigenvalue weighted by Crippen LogP contribution is -2.35. The average molecular weight is 398 g/mol. The molecule has 0 radical (unpaired) electrons. The van der Waals surface area contributed by atoms with Crippen molar-refractivity contribution < 1.29 is 9.53 Å². The van der Waals surface area contributed by atoms with Gasteiger partial charge in [0.05, 0.1) is 13.2 Å². The zero-order valence-electron chi connectivity index (χ0n) is 17.7. The first-order chi connectivity index (χ1) is 14.1. The molecule has 0 aliphatic carbocycles. The Morgan fingerprint density at radius 2 is 2.03 bits per heavy atom. The minimum atomic E-state index is 0.135. The number of nitrogens with zero attached hydrogens (tertiary/aromatic N) is 5. The van der Waals surface area contributed by atoms with Gasteiger partial charge in [0, 0.05) is 45.1 Å². The zero-order valence-corrected chi connectivity index (χ0v) is 17.7. The molecule has 0 saturated carbocycles. The molecular formula is C22H31N5O2. The fourth-order valence-electron chi connectivity index (χ4n) is 4.58. The van der Waals surface area contributed by atoms with Gasteiger partial charge in [-0.05, 0) is 37.9 Å². The summed E-state index contributed by atoms with van der Waals surface area (Å²) < 4.78 is 7.90. The maximum Gasteiger partial charge on any atom is 0.219 e. The highest BCUT2D eigenvalue weighted by Crippen LogP contribution is 2.33. The molecule has 0 spiro atoms. The Morgan fingerprint density at radius 1 is 1.17 bits per heavy atom. The number of ether oxygens (including phenoxy) is 1. The van der Waals surface area contributed by atoms with E-state index in [1.165, 1.54) is 24.0 Å². The highest BCUT2D eigenvalue weighted by Gasteiger charge is 2.31. The van der Waals surface area contributed by atoms with E-state index >= 15 is 0 Å². The van der Waals surface area contributed by atoms with E-state index in [2.05, 4.69) is 44.8 Å². The first-order valence-corrected chi connectivity index (χ1v) is 10.6. The van der Waals surface area contributed by atoms with E-state index in [0.29, 0.717) is 0 Å². The predicted molar refractivity (Wildman–Crippen MR) is 111 cm³/mol. The number of carbonyl (C=O) groups is 1. The van der Waals surface area contributed by atoms with Crippen molar-refractivity contribution in [1.82, 2.24) is 24.6 Å². The summed E-state index contributed by atoms with van der Waals surface area (Å²) >= 11 is 0. The number of hydrogen-bond acceptors (Lipinski definition) is 5. The normalized spacial score (nSPS) is 20.2. The van der Waals surface area contributed by atoms with Gasteiger partial charge in [0.15, 0.2) is 0 Å². The second kappa shape index (κ2) is 8.53. The van der Waals surface area contributed by atoms with E-state index in [9.17, 15) is 4.79 Å². The van der Waals surface area contributed by atoms with Crippen LogP contribution in [0.4, 0.5) is 0 Å². The molecule has 156 valence electrons. The van der Waals surface area contributed by atoms with Crippen molar-refractivity contribution in [3.63, 3.8) is 0 Å². The quantitative estimate of drug-likeness (QED) is 0.794. The molecule has 1 fully saturated rings. The summed E-state index contributed by atoms with van der Waals surface area (Å²) in [6.07, 6.45) is 4.26. The molecule has 2 aliphatic heterocycles. The lowest BCUT2D eigenvalue weighted by atomic mass is 9.99. The predicted octanol–water partition coefficient (Wildman–Crippen LogP) is 2.73. The summed E-state index contributed by atoms with van der Waals surface area (Å²) in [6, 6.07) is 6.68. The van der Waals surface area contributed by atoms with Crippen molar-refractivity contribution >= 4 is 5.91 Å². The van der Waals surface area contributed by atoms with Crippen LogP contribution in [0.1, 0.15) is 55.0 Å². The number of hydrogen-bond donors (Lipinski definition) is 0. The third-order valence-electron chi connectivity index (χ3n) is 6.23. The molecule has 1 amide bonds. The minimum absolute atomic E-state index is 0.135. The Hall–Kier alpha value is -2.41. The van der Waals surface area contributed by atoms with Crippen LogP contribution in [0.2, 0.25) is 0 Å². The number of likely N-dealkylation sites (tertiary alicyclic amines) is 1. The van der Waals surface area contributed by atoms with Gasteiger partial charge in [0.2, 0.25) is 5.91 Å². The fourth-order valence-corrected chi connectivity index (χ4v) is 4.58. The van der Waals surface area contributed by atoms with Crippen molar-refractivity contribution in [3.05, 3.63) is 41.0 Å². The Balaban J connectivity index is 1.58. The highest BCUT2D eigenvalue weighted by atomic mass is 16.5. The number of piperidine rings is 1. The van der Waals surface area contributed by atoms with Crippen LogP contribution in [0.3, 0.4) is 0 Å². The monoisotopic (exact) mass is 397 g/mol. The first-order valence-electron chi connectivity index (χ1n) is 10.6. The summed E-state index contributed by atoms with van der Waals surface area (Å²) in [5, 5.41) is 9.11. The van der Waals surface area contributed by atoms with Crippen LogP contribution in [0.25, 0.3) is 0 Å². The molecule has 1 aromatic heterocycles. The molecule has 7 heteroatoms. The molecule has 0 N–H and O–H groups in total. The maximum absolute atomic E-state index is 11.8. The number of rotatable bonds is 4. The summed E-state index contributed by atoms with van der Waals surface area (Å²) in [7, 11) is 1.74. The SMILES string of the molecule is COc1cc(C)ccc1CN1CCCCC1c1nnc2n1CCN(C(C)=O)CC2. The second-order valence-corrected chi connectivity index (χ2v) is 8.18. The summed E-state index contributed by atoms with van der Waals surface area (Å²) in [5.74, 6) is 3.14.